The first kappa shape index (κ1) is 12.8. The number of fused-ring (bicyclic) bond motifs is 1. The van der Waals surface area contributed by atoms with Crippen LogP contribution in [-0.4, -0.2) is 19.2 Å². The Hall–Kier alpha value is -1.23. The monoisotopic (exact) mass is 271 g/mol. The summed E-state index contributed by atoms with van der Waals surface area (Å²) < 4.78 is 43.5. The van der Waals surface area contributed by atoms with E-state index in [4.69, 9.17) is 4.74 Å². The van der Waals surface area contributed by atoms with E-state index in [9.17, 15) is 13.2 Å². The van der Waals surface area contributed by atoms with Crippen molar-refractivity contribution in [3.63, 3.8) is 0 Å². The highest BCUT2D eigenvalue weighted by Gasteiger charge is 2.38. The van der Waals surface area contributed by atoms with Crippen molar-refractivity contribution in [2.75, 3.05) is 13.1 Å². The Morgan fingerprint density at radius 3 is 2.42 bits per heavy atom. The Labute approximate surface area is 109 Å². The fourth-order valence-corrected chi connectivity index (χ4v) is 3.15. The molecule has 1 saturated carbocycles. The van der Waals surface area contributed by atoms with Crippen molar-refractivity contribution in [1.29, 1.82) is 0 Å². The number of rotatable bonds is 2. The van der Waals surface area contributed by atoms with E-state index in [1.54, 1.807) is 6.07 Å². The van der Waals surface area contributed by atoms with Gasteiger partial charge in [-0.15, -0.1) is 0 Å². The molecular formula is C14H16F3NO. The van der Waals surface area contributed by atoms with Gasteiger partial charge in [-0.2, -0.15) is 13.2 Å². The van der Waals surface area contributed by atoms with Crippen molar-refractivity contribution in [2.24, 2.45) is 11.8 Å². The molecule has 104 valence electrons. The van der Waals surface area contributed by atoms with Crippen molar-refractivity contribution >= 4 is 0 Å². The molecule has 1 aromatic rings. The molecule has 0 aromatic heterocycles. The molecule has 2 nitrogen and oxygen atoms in total. The van der Waals surface area contributed by atoms with Crippen LogP contribution >= 0.6 is 0 Å². The minimum atomic E-state index is -4.31. The van der Waals surface area contributed by atoms with Gasteiger partial charge in [0.2, 0.25) is 0 Å². The molecule has 0 amide bonds. The lowest BCUT2D eigenvalue weighted by atomic mass is 10.0. The van der Waals surface area contributed by atoms with Crippen LogP contribution in [0.25, 0.3) is 0 Å². The fraction of sp³-hybridized carbons (Fsp3) is 0.571. The minimum absolute atomic E-state index is 0.0561. The highest BCUT2D eigenvalue weighted by Crippen LogP contribution is 2.37. The van der Waals surface area contributed by atoms with Gasteiger partial charge in [0.25, 0.3) is 0 Å². The second kappa shape index (κ2) is 4.71. The number of benzene rings is 1. The molecule has 1 saturated heterocycles. The van der Waals surface area contributed by atoms with Gasteiger partial charge in [0.1, 0.15) is 5.75 Å². The lowest BCUT2D eigenvalue weighted by Crippen LogP contribution is -2.18. The fourth-order valence-electron chi connectivity index (χ4n) is 3.15. The average molecular weight is 271 g/mol. The number of nitrogens with one attached hydrogen (secondary N) is 1. The predicted octanol–water partition coefficient (Wildman–Crippen LogP) is 3.08. The van der Waals surface area contributed by atoms with Crippen LogP contribution < -0.4 is 10.1 Å². The van der Waals surface area contributed by atoms with E-state index in [1.807, 2.05) is 0 Å². The smallest absolute Gasteiger partial charge is 0.416 e. The first-order chi connectivity index (χ1) is 9.02. The molecule has 1 aliphatic heterocycles. The summed E-state index contributed by atoms with van der Waals surface area (Å²) in [6.07, 6.45) is -2.38. The Bertz CT molecular complexity index is 448. The van der Waals surface area contributed by atoms with Gasteiger partial charge in [0, 0.05) is 0 Å². The molecule has 0 radical (unpaired) electrons. The van der Waals surface area contributed by atoms with E-state index in [0.717, 1.165) is 38.1 Å². The Balaban J connectivity index is 1.67. The summed E-state index contributed by atoms with van der Waals surface area (Å²) >= 11 is 0. The van der Waals surface area contributed by atoms with Gasteiger partial charge in [-0.1, -0.05) is 6.07 Å². The number of hydrogen-bond donors (Lipinski definition) is 1. The molecule has 1 aromatic carbocycles. The molecule has 3 rings (SSSR count). The zero-order chi connectivity index (χ0) is 13.5. The van der Waals surface area contributed by atoms with Gasteiger partial charge in [0.15, 0.2) is 0 Å². The summed E-state index contributed by atoms with van der Waals surface area (Å²) in [4.78, 5) is 0. The standard InChI is InChI=1S/C14H16F3NO/c15-14(16,17)11-2-1-3-12(6-11)19-13-4-9-7-18-8-10(9)5-13/h1-3,6,9-10,13,18H,4-5,7-8H2/t9-,10+,13?. The normalized spacial score (nSPS) is 30.4. The number of ether oxygens (including phenoxy) is 1. The molecular weight excluding hydrogens is 255 g/mol. The molecule has 0 bridgehead atoms. The van der Waals surface area contributed by atoms with Crippen molar-refractivity contribution < 1.29 is 17.9 Å². The van der Waals surface area contributed by atoms with Gasteiger partial charge < -0.3 is 10.1 Å². The second-order valence-corrected chi connectivity index (χ2v) is 5.42. The van der Waals surface area contributed by atoms with E-state index >= 15 is 0 Å². The van der Waals surface area contributed by atoms with E-state index < -0.39 is 11.7 Å². The maximum atomic E-state index is 12.6. The lowest BCUT2D eigenvalue weighted by Gasteiger charge is -2.16. The number of alkyl halides is 3. The summed E-state index contributed by atoms with van der Waals surface area (Å²) in [6.45, 7) is 2.01. The molecule has 0 spiro atoms. The number of hydrogen-bond acceptors (Lipinski definition) is 2. The summed E-state index contributed by atoms with van der Waals surface area (Å²) in [6, 6.07) is 5.16. The lowest BCUT2D eigenvalue weighted by molar-refractivity contribution is -0.137. The molecule has 19 heavy (non-hydrogen) atoms. The van der Waals surface area contributed by atoms with Crippen LogP contribution in [0.4, 0.5) is 13.2 Å². The summed E-state index contributed by atoms with van der Waals surface area (Å²) in [5, 5.41) is 3.33. The third kappa shape index (κ3) is 2.71. The van der Waals surface area contributed by atoms with Gasteiger partial charge >= 0.3 is 6.18 Å². The molecule has 3 atom stereocenters. The molecule has 1 N–H and O–H groups in total. The van der Waals surface area contributed by atoms with E-state index in [-0.39, 0.29) is 6.10 Å². The third-order valence-electron chi connectivity index (χ3n) is 4.08. The highest BCUT2D eigenvalue weighted by molar-refractivity contribution is 5.30. The van der Waals surface area contributed by atoms with Gasteiger partial charge in [-0.3, -0.25) is 0 Å². The molecule has 1 heterocycles. The zero-order valence-electron chi connectivity index (χ0n) is 10.4. The van der Waals surface area contributed by atoms with Crippen LogP contribution in [0, 0.1) is 11.8 Å². The maximum Gasteiger partial charge on any atom is 0.416 e. The summed E-state index contributed by atoms with van der Waals surface area (Å²) in [5.41, 5.74) is -0.648. The Kier molecular flexibility index (Phi) is 3.17. The third-order valence-corrected chi connectivity index (χ3v) is 4.08. The van der Waals surface area contributed by atoms with Gasteiger partial charge in [-0.25, -0.2) is 0 Å². The van der Waals surface area contributed by atoms with Crippen LogP contribution in [0.1, 0.15) is 18.4 Å². The van der Waals surface area contributed by atoms with Gasteiger partial charge in [-0.05, 0) is 56.0 Å². The van der Waals surface area contributed by atoms with E-state index in [2.05, 4.69) is 5.32 Å². The van der Waals surface area contributed by atoms with Crippen molar-refractivity contribution in [3.05, 3.63) is 29.8 Å². The van der Waals surface area contributed by atoms with Crippen molar-refractivity contribution in [3.8, 4) is 5.75 Å². The number of halogens is 3. The van der Waals surface area contributed by atoms with Crippen LogP contribution in [0.2, 0.25) is 0 Å². The highest BCUT2D eigenvalue weighted by atomic mass is 19.4. The topological polar surface area (TPSA) is 21.3 Å². The van der Waals surface area contributed by atoms with Crippen molar-refractivity contribution in [1.82, 2.24) is 5.32 Å². The van der Waals surface area contributed by atoms with Crippen LogP contribution in [0.3, 0.4) is 0 Å². The molecule has 2 aliphatic rings. The predicted molar refractivity (Wildman–Crippen MR) is 64.9 cm³/mol. The van der Waals surface area contributed by atoms with Crippen LogP contribution in [-0.2, 0) is 6.18 Å². The Morgan fingerprint density at radius 1 is 1.11 bits per heavy atom. The van der Waals surface area contributed by atoms with E-state index in [0.29, 0.717) is 17.6 Å². The molecule has 1 aliphatic carbocycles. The first-order valence-electron chi connectivity index (χ1n) is 6.57. The molecule has 5 heteroatoms. The maximum absolute atomic E-state index is 12.6. The minimum Gasteiger partial charge on any atom is -0.490 e. The Morgan fingerprint density at radius 2 is 1.79 bits per heavy atom. The molecule has 1 unspecified atom stereocenters. The van der Waals surface area contributed by atoms with Crippen LogP contribution in [0.5, 0.6) is 5.75 Å². The summed E-state index contributed by atoms with van der Waals surface area (Å²) in [5.74, 6) is 1.57. The quantitative estimate of drug-likeness (QED) is 0.892. The average Bonchev–Trinajstić information content (AvgIpc) is 2.88. The zero-order valence-corrected chi connectivity index (χ0v) is 10.4. The largest absolute Gasteiger partial charge is 0.490 e. The second-order valence-electron chi connectivity index (χ2n) is 5.42. The summed E-state index contributed by atoms with van der Waals surface area (Å²) in [7, 11) is 0. The van der Waals surface area contributed by atoms with Gasteiger partial charge in [0.05, 0.1) is 11.7 Å². The SMILES string of the molecule is FC(F)(F)c1cccc(OC2C[C@H]3CNC[C@H]3C2)c1. The van der Waals surface area contributed by atoms with Crippen molar-refractivity contribution in [2.45, 2.75) is 25.1 Å². The van der Waals surface area contributed by atoms with Crippen LogP contribution in [0.15, 0.2) is 24.3 Å². The van der Waals surface area contributed by atoms with E-state index in [1.165, 1.54) is 6.07 Å². The first-order valence-corrected chi connectivity index (χ1v) is 6.57. The molecule has 2 fully saturated rings.